The number of carbonyl (C=O) groups excluding carboxylic acids is 2. The molecule has 2 aliphatic rings. The van der Waals surface area contributed by atoms with E-state index in [4.69, 9.17) is 0 Å². The van der Waals surface area contributed by atoms with Crippen LogP contribution in [0.15, 0.2) is 42.5 Å². The van der Waals surface area contributed by atoms with E-state index >= 15 is 0 Å². The molecule has 152 valence electrons. The molecule has 0 unspecified atom stereocenters. The third-order valence-electron chi connectivity index (χ3n) is 6.41. The number of benzene rings is 2. The summed E-state index contributed by atoms with van der Waals surface area (Å²) in [6, 6.07) is 14.0. The predicted molar refractivity (Wildman–Crippen MR) is 116 cm³/mol. The lowest BCUT2D eigenvalue weighted by Gasteiger charge is -2.19. The zero-order valence-corrected chi connectivity index (χ0v) is 17.2. The molecule has 2 aromatic rings. The standard InChI is InChI=1S/C25H30N2O2/c1-18-6-2-5-9-22(18)25(29)27-15-14-21-12-10-20(16-23(21)27)17-26-24(28)13-11-19-7-3-4-8-19/h2,5-6,9-10,12,16,19H,3-4,7-8,11,13-15,17H2,1H3,(H,26,28). The van der Waals surface area contributed by atoms with E-state index in [1.165, 1.54) is 31.2 Å². The highest BCUT2D eigenvalue weighted by Crippen LogP contribution is 2.31. The van der Waals surface area contributed by atoms with Crippen LogP contribution in [0.5, 0.6) is 0 Å². The second-order valence-electron chi connectivity index (χ2n) is 8.45. The maximum absolute atomic E-state index is 13.1. The summed E-state index contributed by atoms with van der Waals surface area (Å²) >= 11 is 0. The molecule has 0 bridgehead atoms. The molecular formula is C25H30N2O2. The highest BCUT2D eigenvalue weighted by molar-refractivity contribution is 6.08. The summed E-state index contributed by atoms with van der Waals surface area (Å²) < 4.78 is 0. The van der Waals surface area contributed by atoms with Crippen molar-refractivity contribution in [1.82, 2.24) is 5.32 Å². The Kier molecular flexibility index (Phi) is 5.98. The normalized spacial score (nSPS) is 16.1. The molecule has 1 N–H and O–H groups in total. The zero-order chi connectivity index (χ0) is 20.2. The van der Waals surface area contributed by atoms with Crippen molar-refractivity contribution in [3.05, 3.63) is 64.7 Å². The van der Waals surface area contributed by atoms with Gasteiger partial charge in [-0.05, 0) is 54.5 Å². The van der Waals surface area contributed by atoms with Gasteiger partial charge >= 0.3 is 0 Å². The first-order valence-electron chi connectivity index (χ1n) is 10.9. The van der Waals surface area contributed by atoms with Crippen LogP contribution in [0.1, 0.15) is 65.6 Å². The van der Waals surface area contributed by atoms with Crippen LogP contribution in [0.2, 0.25) is 0 Å². The highest BCUT2D eigenvalue weighted by atomic mass is 16.2. The van der Waals surface area contributed by atoms with E-state index < -0.39 is 0 Å². The number of hydrogen-bond acceptors (Lipinski definition) is 2. The van der Waals surface area contributed by atoms with Crippen LogP contribution < -0.4 is 10.2 Å². The summed E-state index contributed by atoms with van der Waals surface area (Å²) in [5.41, 5.74) is 4.98. The second kappa shape index (κ2) is 8.81. The SMILES string of the molecule is Cc1ccccc1C(=O)N1CCc2ccc(CNC(=O)CCC3CCCC3)cc21. The second-order valence-corrected chi connectivity index (χ2v) is 8.45. The fraction of sp³-hybridized carbons (Fsp3) is 0.440. The first-order chi connectivity index (χ1) is 14.1. The van der Waals surface area contributed by atoms with Gasteiger partial charge in [-0.15, -0.1) is 0 Å². The van der Waals surface area contributed by atoms with Gasteiger partial charge in [0.05, 0.1) is 0 Å². The molecular weight excluding hydrogens is 360 g/mol. The molecule has 4 rings (SSSR count). The van der Waals surface area contributed by atoms with Crippen molar-refractivity contribution in [2.24, 2.45) is 5.92 Å². The first kappa shape index (κ1) is 19.7. The molecule has 0 saturated heterocycles. The van der Waals surface area contributed by atoms with Gasteiger partial charge < -0.3 is 10.2 Å². The van der Waals surface area contributed by atoms with Gasteiger partial charge in [0.2, 0.25) is 5.91 Å². The average molecular weight is 391 g/mol. The molecule has 4 heteroatoms. The Morgan fingerprint density at radius 2 is 1.90 bits per heavy atom. The molecule has 4 nitrogen and oxygen atoms in total. The lowest BCUT2D eigenvalue weighted by molar-refractivity contribution is -0.121. The minimum atomic E-state index is 0.0552. The molecule has 29 heavy (non-hydrogen) atoms. The number of fused-ring (bicyclic) bond motifs is 1. The van der Waals surface area contributed by atoms with E-state index in [1.54, 1.807) is 0 Å². The number of amides is 2. The lowest BCUT2D eigenvalue weighted by atomic mass is 10.0. The summed E-state index contributed by atoms with van der Waals surface area (Å²) in [5.74, 6) is 0.923. The molecule has 1 saturated carbocycles. The van der Waals surface area contributed by atoms with Crippen LogP contribution in [0.3, 0.4) is 0 Å². The minimum absolute atomic E-state index is 0.0552. The van der Waals surface area contributed by atoms with E-state index in [0.29, 0.717) is 19.5 Å². The Balaban J connectivity index is 1.39. The van der Waals surface area contributed by atoms with Gasteiger partial charge in [-0.1, -0.05) is 56.0 Å². The van der Waals surface area contributed by atoms with Crippen molar-refractivity contribution in [2.75, 3.05) is 11.4 Å². The van der Waals surface area contributed by atoms with Gasteiger partial charge in [0.15, 0.2) is 0 Å². The fourth-order valence-electron chi connectivity index (χ4n) is 4.63. The minimum Gasteiger partial charge on any atom is -0.352 e. The number of aryl methyl sites for hydroxylation is 1. The number of anilines is 1. The molecule has 2 amide bonds. The molecule has 1 aliphatic carbocycles. The highest BCUT2D eigenvalue weighted by Gasteiger charge is 2.26. The van der Waals surface area contributed by atoms with Crippen molar-refractivity contribution in [1.29, 1.82) is 0 Å². The van der Waals surface area contributed by atoms with Crippen molar-refractivity contribution >= 4 is 17.5 Å². The number of nitrogens with zero attached hydrogens (tertiary/aromatic N) is 1. The topological polar surface area (TPSA) is 49.4 Å². The van der Waals surface area contributed by atoms with Gasteiger partial charge in [0, 0.05) is 30.8 Å². The maximum atomic E-state index is 13.1. The zero-order valence-electron chi connectivity index (χ0n) is 17.2. The van der Waals surface area contributed by atoms with E-state index in [0.717, 1.165) is 41.1 Å². The Hall–Kier alpha value is -2.62. The van der Waals surface area contributed by atoms with Crippen LogP contribution in [-0.2, 0) is 17.8 Å². The van der Waals surface area contributed by atoms with Gasteiger partial charge in [-0.25, -0.2) is 0 Å². The van der Waals surface area contributed by atoms with Crippen molar-refractivity contribution in [3.63, 3.8) is 0 Å². The van der Waals surface area contributed by atoms with Crippen LogP contribution in [0.25, 0.3) is 0 Å². The number of rotatable bonds is 6. The van der Waals surface area contributed by atoms with Gasteiger partial charge in [0.1, 0.15) is 0 Å². The van der Waals surface area contributed by atoms with Crippen LogP contribution >= 0.6 is 0 Å². The Morgan fingerprint density at radius 3 is 2.69 bits per heavy atom. The summed E-state index contributed by atoms with van der Waals surface area (Å²) in [4.78, 5) is 27.2. The van der Waals surface area contributed by atoms with Crippen LogP contribution in [-0.4, -0.2) is 18.4 Å². The van der Waals surface area contributed by atoms with Crippen LogP contribution in [0, 0.1) is 12.8 Å². The predicted octanol–water partition coefficient (Wildman–Crippen LogP) is 4.78. The molecule has 0 aromatic heterocycles. The molecule has 0 spiro atoms. The van der Waals surface area contributed by atoms with Crippen molar-refractivity contribution in [2.45, 2.75) is 58.4 Å². The Morgan fingerprint density at radius 1 is 1.10 bits per heavy atom. The van der Waals surface area contributed by atoms with E-state index in [9.17, 15) is 9.59 Å². The van der Waals surface area contributed by atoms with Gasteiger partial charge in [-0.3, -0.25) is 9.59 Å². The Bertz CT molecular complexity index is 899. The molecule has 1 aliphatic heterocycles. The Labute approximate surface area is 173 Å². The van der Waals surface area contributed by atoms with Crippen molar-refractivity contribution in [3.8, 4) is 0 Å². The third-order valence-corrected chi connectivity index (χ3v) is 6.41. The van der Waals surface area contributed by atoms with Gasteiger partial charge in [-0.2, -0.15) is 0 Å². The summed E-state index contributed by atoms with van der Waals surface area (Å²) in [7, 11) is 0. The molecule has 1 fully saturated rings. The quantitative estimate of drug-likeness (QED) is 0.771. The van der Waals surface area contributed by atoms with Gasteiger partial charge in [0.25, 0.3) is 5.91 Å². The lowest BCUT2D eigenvalue weighted by Crippen LogP contribution is -2.29. The summed E-state index contributed by atoms with van der Waals surface area (Å²) in [6.07, 6.45) is 7.70. The monoisotopic (exact) mass is 390 g/mol. The average Bonchev–Trinajstić information content (AvgIpc) is 3.40. The number of nitrogens with one attached hydrogen (secondary N) is 1. The van der Waals surface area contributed by atoms with Crippen molar-refractivity contribution < 1.29 is 9.59 Å². The van der Waals surface area contributed by atoms with E-state index in [-0.39, 0.29) is 11.8 Å². The molecule has 0 radical (unpaired) electrons. The number of hydrogen-bond donors (Lipinski definition) is 1. The smallest absolute Gasteiger partial charge is 0.258 e. The fourth-order valence-corrected chi connectivity index (χ4v) is 4.63. The number of carbonyl (C=O) groups is 2. The molecule has 2 aromatic carbocycles. The largest absolute Gasteiger partial charge is 0.352 e. The molecule has 1 heterocycles. The summed E-state index contributed by atoms with van der Waals surface area (Å²) in [6.45, 7) is 3.20. The molecule has 0 atom stereocenters. The van der Waals surface area contributed by atoms with E-state index in [2.05, 4.69) is 23.5 Å². The third kappa shape index (κ3) is 4.52. The van der Waals surface area contributed by atoms with Crippen LogP contribution in [0.4, 0.5) is 5.69 Å². The first-order valence-corrected chi connectivity index (χ1v) is 10.9. The van der Waals surface area contributed by atoms with E-state index in [1.807, 2.05) is 36.1 Å². The maximum Gasteiger partial charge on any atom is 0.258 e. The summed E-state index contributed by atoms with van der Waals surface area (Å²) in [5, 5.41) is 3.06.